The molecule has 0 nitrogen and oxygen atoms in total. The Morgan fingerprint density at radius 3 is 1.60 bits per heavy atom. The summed E-state index contributed by atoms with van der Waals surface area (Å²) in [5, 5.41) is 0. The molecule has 10 heavy (non-hydrogen) atoms. The van der Waals surface area contributed by atoms with Crippen molar-refractivity contribution in [1.29, 1.82) is 0 Å². The van der Waals surface area contributed by atoms with E-state index in [0.717, 1.165) is 6.42 Å². The van der Waals surface area contributed by atoms with Gasteiger partial charge in [0.1, 0.15) is 0 Å². The van der Waals surface area contributed by atoms with Crippen LogP contribution in [0.5, 0.6) is 0 Å². The van der Waals surface area contributed by atoms with Crippen LogP contribution in [-0.2, 0) is 25.8 Å². The summed E-state index contributed by atoms with van der Waals surface area (Å²) in [6, 6.07) is 0. The van der Waals surface area contributed by atoms with Crippen molar-refractivity contribution in [3.05, 3.63) is 54.0 Å². The normalized spacial score (nSPS) is 8.80. The molecular formula is C9H17Hf-5. The van der Waals surface area contributed by atoms with Gasteiger partial charge >= 0.3 is 0 Å². The van der Waals surface area contributed by atoms with E-state index in [1.54, 1.807) is 0 Å². The van der Waals surface area contributed by atoms with E-state index in [1.165, 1.54) is 0 Å². The summed E-state index contributed by atoms with van der Waals surface area (Å²) >= 11 is 0. The second-order valence-electron chi connectivity index (χ2n) is 1.00. The van der Waals surface area contributed by atoms with Crippen LogP contribution < -0.4 is 0 Å². The summed E-state index contributed by atoms with van der Waals surface area (Å²) in [4.78, 5) is 0. The van der Waals surface area contributed by atoms with E-state index in [4.69, 9.17) is 0 Å². The molecule has 0 bridgehead atoms. The number of allylic oxidation sites excluding steroid dienone is 4. The number of rotatable bonds is 0. The zero-order valence-electron chi connectivity index (χ0n) is 7.44. The standard InChI is InChI=1S/C5H5.4CH3.Hf/c1-2-4-5-3-1;;;;;/h1-3H,4H2;4*1H3;/q5*-1;. The van der Waals surface area contributed by atoms with Crippen LogP contribution in [-0.4, -0.2) is 0 Å². The summed E-state index contributed by atoms with van der Waals surface area (Å²) in [5.74, 6) is 0. The van der Waals surface area contributed by atoms with Gasteiger partial charge in [-0.05, 0) is 0 Å². The van der Waals surface area contributed by atoms with Crippen LogP contribution in [0.1, 0.15) is 6.42 Å². The third kappa shape index (κ3) is 15.8. The third-order valence-corrected chi connectivity index (χ3v) is 0.586. The summed E-state index contributed by atoms with van der Waals surface area (Å²) < 4.78 is 0. The van der Waals surface area contributed by atoms with Crippen molar-refractivity contribution in [3.8, 4) is 0 Å². The molecule has 1 aliphatic rings. The van der Waals surface area contributed by atoms with Gasteiger partial charge in [-0.2, -0.15) is 6.08 Å². The molecule has 1 aliphatic carbocycles. The van der Waals surface area contributed by atoms with Crippen LogP contribution >= 0.6 is 0 Å². The predicted octanol–water partition coefficient (Wildman–Crippen LogP) is 3.10. The molecule has 0 aromatic carbocycles. The van der Waals surface area contributed by atoms with Gasteiger partial charge in [-0.15, -0.1) is 6.42 Å². The monoisotopic (exact) mass is 305 g/mol. The van der Waals surface area contributed by atoms with Crippen LogP contribution in [0.2, 0.25) is 0 Å². The molecular weight excluding hydrogens is 287 g/mol. The van der Waals surface area contributed by atoms with Crippen LogP contribution in [0.25, 0.3) is 0 Å². The van der Waals surface area contributed by atoms with E-state index in [-0.39, 0.29) is 55.5 Å². The molecule has 0 saturated carbocycles. The van der Waals surface area contributed by atoms with E-state index in [9.17, 15) is 0 Å². The Balaban J connectivity index is -0.0000000167. The third-order valence-electron chi connectivity index (χ3n) is 0.586. The van der Waals surface area contributed by atoms with Gasteiger partial charge in [0.15, 0.2) is 0 Å². The zero-order chi connectivity index (χ0) is 3.54. The fourth-order valence-electron chi connectivity index (χ4n) is 0.340. The van der Waals surface area contributed by atoms with E-state index in [1.807, 2.05) is 12.2 Å². The first-order chi connectivity index (χ1) is 2.50. The van der Waals surface area contributed by atoms with Crippen molar-refractivity contribution >= 4 is 0 Å². The van der Waals surface area contributed by atoms with Crippen LogP contribution in [0.15, 0.2) is 18.2 Å². The number of hydrogen-bond acceptors (Lipinski definition) is 0. The minimum atomic E-state index is 0. The summed E-state index contributed by atoms with van der Waals surface area (Å²) in [7, 11) is 0. The first kappa shape index (κ1) is 31.6. The second kappa shape index (κ2) is 22.8. The van der Waals surface area contributed by atoms with E-state index < -0.39 is 0 Å². The maximum Gasteiger partial charge on any atom is 0 e. The molecule has 0 aliphatic heterocycles. The molecule has 62 valence electrons. The van der Waals surface area contributed by atoms with Gasteiger partial charge in [0.25, 0.3) is 0 Å². The molecule has 1 heteroatoms. The van der Waals surface area contributed by atoms with Gasteiger partial charge in [0, 0.05) is 25.8 Å². The Bertz CT molecular complexity index is 62.8. The molecule has 0 radical (unpaired) electrons. The molecule has 0 unspecified atom stereocenters. The average Bonchev–Trinajstić information content (AvgIpc) is 1.76. The molecule has 0 fully saturated rings. The Morgan fingerprint density at radius 2 is 1.50 bits per heavy atom. The van der Waals surface area contributed by atoms with E-state index in [0.29, 0.717) is 0 Å². The predicted molar refractivity (Wildman–Crippen MR) is 47.2 cm³/mol. The fourth-order valence-corrected chi connectivity index (χ4v) is 0.340. The summed E-state index contributed by atoms with van der Waals surface area (Å²) in [6.45, 7) is 0. The van der Waals surface area contributed by atoms with Gasteiger partial charge in [-0.3, -0.25) is 6.08 Å². The van der Waals surface area contributed by atoms with Crippen molar-refractivity contribution in [1.82, 2.24) is 0 Å². The van der Waals surface area contributed by atoms with Crippen molar-refractivity contribution in [2.45, 2.75) is 6.42 Å². The molecule has 1 rings (SSSR count). The molecule has 0 N–H and O–H groups in total. The molecule has 0 aromatic rings. The average molecular weight is 304 g/mol. The van der Waals surface area contributed by atoms with Crippen LogP contribution in [0, 0.1) is 35.8 Å². The number of hydrogen-bond donors (Lipinski definition) is 0. The van der Waals surface area contributed by atoms with Gasteiger partial charge in [-0.1, -0.05) is 0 Å². The molecule has 0 amide bonds. The molecule has 0 heterocycles. The Hall–Kier alpha value is 0.350. The molecule has 0 saturated heterocycles. The van der Waals surface area contributed by atoms with Crippen molar-refractivity contribution in [3.63, 3.8) is 0 Å². The van der Waals surface area contributed by atoms with E-state index >= 15 is 0 Å². The maximum atomic E-state index is 2.99. The minimum absolute atomic E-state index is 0. The van der Waals surface area contributed by atoms with Gasteiger partial charge in [0.05, 0.1) is 0 Å². The maximum absolute atomic E-state index is 2.99. The Labute approximate surface area is 86.2 Å². The van der Waals surface area contributed by atoms with Gasteiger partial charge in [0.2, 0.25) is 0 Å². The topological polar surface area (TPSA) is 0 Å². The zero-order valence-corrected chi connectivity index (χ0v) is 11.0. The fraction of sp³-hybridized carbons (Fsp3) is 0.111. The Kier molecular flexibility index (Phi) is 72.0. The summed E-state index contributed by atoms with van der Waals surface area (Å²) in [5.41, 5.74) is 0. The van der Waals surface area contributed by atoms with Crippen LogP contribution in [0.3, 0.4) is 0 Å². The second-order valence-corrected chi connectivity index (χ2v) is 1.00. The first-order valence-electron chi connectivity index (χ1n) is 1.72. The minimum Gasteiger partial charge on any atom is -0.358 e. The van der Waals surface area contributed by atoms with Crippen LogP contribution in [0.4, 0.5) is 0 Å². The SMILES string of the molecule is [C-]1=CC=CC1.[CH3-].[CH3-].[CH3-].[CH3-].[Hf]. The van der Waals surface area contributed by atoms with E-state index in [2.05, 4.69) is 12.2 Å². The molecule has 0 atom stereocenters. The largest absolute Gasteiger partial charge is 0.358 e. The smallest absolute Gasteiger partial charge is 0 e. The molecule has 0 aromatic heterocycles. The first-order valence-corrected chi connectivity index (χ1v) is 1.72. The van der Waals surface area contributed by atoms with Gasteiger partial charge in [-0.25, -0.2) is 12.2 Å². The molecule has 0 spiro atoms. The van der Waals surface area contributed by atoms with Gasteiger partial charge < -0.3 is 29.7 Å². The quantitative estimate of drug-likeness (QED) is 0.476. The summed E-state index contributed by atoms with van der Waals surface area (Å²) in [6.07, 6.45) is 10.0. The Morgan fingerprint density at radius 1 is 1.00 bits per heavy atom. The van der Waals surface area contributed by atoms with Crippen molar-refractivity contribution in [2.75, 3.05) is 0 Å². The van der Waals surface area contributed by atoms with Crippen molar-refractivity contribution in [2.24, 2.45) is 0 Å². The van der Waals surface area contributed by atoms with Crippen molar-refractivity contribution < 1.29 is 25.8 Å².